The average Bonchev–Trinajstić information content (AvgIpc) is 2.57. The Hall–Kier alpha value is -2.11. The Kier molecular flexibility index (Phi) is 6.17. The first-order valence-electron chi connectivity index (χ1n) is 7.70. The first-order valence-corrected chi connectivity index (χ1v) is 8.08. The number of carbonyl (C=O) groups excluding carboxylic acids is 1. The van der Waals surface area contributed by atoms with E-state index >= 15 is 0 Å². The van der Waals surface area contributed by atoms with Crippen LogP contribution in [0.3, 0.4) is 0 Å². The SMILES string of the molecule is CCC(N[C@@H](C)C(N)=O)c1ccc(Cl)c(Oc2ccccc2)c1F. The van der Waals surface area contributed by atoms with Crippen molar-refractivity contribution in [3.63, 3.8) is 0 Å². The van der Waals surface area contributed by atoms with E-state index in [4.69, 9.17) is 22.1 Å². The molecule has 0 aliphatic carbocycles. The third-order valence-corrected chi connectivity index (χ3v) is 4.00. The van der Waals surface area contributed by atoms with E-state index in [1.807, 2.05) is 13.0 Å². The number of nitrogens with one attached hydrogen (secondary N) is 1. The van der Waals surface area contributed by atoms with Crippen molar-refractivity contribution in [2.45, 2.75) is 32.4 Å². The zero-order valence-corrected chi connectivity index (χ0v) is 14.3. The van der Waals surface area contributed by atoms with Crippen LogP contribution in [0.15, 0.2) is 42.5 Å². The fraction of sp³-hybridized carbons (Fsp3) is 0.278. The van der Waals surface area contributed by atoms with Gasteiger partial charge in [-0.3, -0.25) is 10.1 Å². The Morgan fingerprint density at radius 3 is 2.54 bits per heavy atom. The van der Waals surface area contributed by atoms with Gasteiger partial charge in [0.25, 0.3) is 0 Å². The van der Waals surface area contributed by atoms with Crippen molar-refractivity contribution in [3.05, 3.63) is 58.9 Å². The molecule has 0 aromatic heterocycles. The smallest absolute Gasteiger partial charge is 0.234 e. The maximum Gasteiger partial charge on any atom is 0.234 e. The van der Waals surface area contributed by atoms with Gasteiger partial charge in [0.15, 0.2) is 11.6 Å². The third kappa shape index (κ3) is 4.24. The van der Waals surface area contributed by atoms with Gasteiger partial charge in [-0.1, -0.05) is 42.8 Å². The van der Waals surface area contributed by atoms with Crippen LogP contribution in [0.4, 0.5) is 4.39 Å². The van der Waals surface area contributed by atoms with Gasteiger partial charge in [0.2, 0.25) is 5.91 Å². The van der Waals surface area contributed by atoms with Crippen LogP contribution in [0.5, 0.6) is 11.5 Å². The number of benzene rings is 2. The normalized spacial score (nSPS) is 13.3. The Morgan fingerprint density at radius 1 is 1.29 bits per heavy atom. The number of halogens is 2. The average molecular weight is 351 g/mol. The second-order valence-corrected chi connectivity index (χ2v) is 5.85. The summed E-state index contributed by atoms with van der Waals surface area (Å²) >= 11 is 6.10. The topological polar surface area (TPSA) is 64.3 Å². The molecular weight excluding hydrogens is 331 g/mol. The molecule has 0 saturated heterocycles. The van der Waals surface area contributed by atoms with Crippen molar-refractivity contribution in [1.82, 2.24) is 5.32 Å². The zero-order valence-electron chi connectivity index (χ0n) is 13.6. The molecule has 6 heteroatoms. The van der Waals surface area contributed by atoms with Crippen LogP contribution < -0.4 is 15.8 Å². The van der Waals surface area contributed by atoms with Crippen molar-refractivity contribution < 1.29 is 13.9 Å². The van der Waals surface area contributed by atoms with Crippen LogP contribution in [0.25, 0.3) is 0 Å². The maximum atomic E-state index is 14.9. The van der Waals surface area contributed by atoms with Gasteiger partial charge in [-0.25, -0.2) is 4.39 Å². The molecule has 1 unspecified atom stereocenters. The number of amides is 1. The second-order valence-electron chi connectivity index (χ2n) is 5.45. The fourth-order valence-corrected chi connectivity index (χ4v) is 2.51. The molecule has 2 aromatic carbocycles. The molecule has 0 heterocycles. The molecule has 24 heavy (non-hydrogen) atoms. The van der Waals surface area contributed by atoms with Crippen LogP contribution in [0.1, 0.15) is 31.9 Å². The summed E-state index contributed by atoms with van der Waals surface area (Å²) in [6, 6.07) is 11.0. The highest BCUT2D eigenvalue weighted by molar-refractivity contribution is 6.32. The van der Waals surface area contributed by atoms with Crippen LogP contribution in [0.2, 0.25) is 5.02 Å². The first kappa shape index (κ1) is 18.2. The fourth-order valence-electron chi connectivity index (χ4n) is 2.33. The largest absolute Gasteiger partial charge is 0.453 e. The van der Waals surface area contributed by atoms with Gasteiger partial charge >= 0.3 is 0 Å². The first-order chi connectivity index (χ1) is 11.4. The standard InChI is InChI=1S/C18H20ClFN2O2/c1-3-15(22-11(2)18(21)23)13-9-10-14(19)17(16(13)20)24-12-7-5-4-6-8-12/h4-11,15,22H,3H2,1-2H3,(H2,21,23)/t11-,15?/m0/s1. The molecule has 2 aromatic rings. The van der Waals surface area contributed by atoms with Crippen LogP contribution >= 0.6 is 11.6 Å². The van der Waals surface area contributed by atoms with Gasteiger partial charge in [0.05, 0.1) is 11.1 Å². The van der Waals surface area contributed by atoms with Crippen LogP contribution in [-0.2, 0) is 4.79 Å². The van der Waals surface area contributed by atoms with Gasteiger partial charge in [-0.2, -0.15) is 0 Å². The van der Waals surface area contributed by atoms with Crippen LogP contribution in [0, 0.1) is 5.82 Å². The highest BCUT2D eigenvalue weighted by Crippen LogP contribution is 2.36. The lowest BCUT2D eigenvalue weighted by Crippen LogP contribution is -2.40. The van der Waals surface area contributed by atoms with Crippen molar-refractivity contribution in [3.8, 4) is 11.5 Å². The predicted molar refractivity (Wildman–Crippen MR) is 92.8 cm³/mol. The van der Waals surface area contributed by atoms with E-state index in [2.05, 4.69) is 5.32 Å². The number of carbonyl (C=O) groups is 1. The molecule has 1 amide bonds. The second kappa shape index (κ2) is 8.13. The lowest BCUT2D eigenvalue weighted by Gasteiger charge is -2.22. The number of nitrogens with two attached hydrogens (primary N) is 1. The van der Waals surface area contributed by atoms with E-state index in [0.29, 0.717) is 17.7 Å². The summed E-state index contributed by atoms with van der Waals surface area (Å²) in [7, 11) is 0. The molecule has 0 radical (unpaired) electrons. The molecule has 0 aliphatic rings. The lowest BCUT2D eigenvalue weighted by atomic mass is 10.0. The monoisotopic (exact) mass is 350 g/mol. The Labute approximate surface area is 145 Å². The highest BCUT2D eigenvalue weighted by Gasteiger charge is 2.23. The van der Waals surface area contributed by atoms with E-state index < -0.39 is 17.8 Å². The molecule has 2 atom stereocenters. The minimum atomic E-state index is -0.580. The van der Waals surface area contributed by atoms with Crippen LogP contribution in [-0.4, -0.2) is 11.9 Å². The van der Waals surface area contributed by atoms with Gasteiger partial charge in [0, 0.05) is 11.6 Å². The maximum absolute atomic E-state index is 14.9. The molecule has 0 aliphatic heterocycles. The molecular formula is C18H20ClFN2O2. The summed E-state index contributed by atoms with van der Waals surface area (Å²) in [5.74, 6) is -0.597. The number of ether oxygens (including phenoxy) is 1. The van der Waals surface area contributed by atoms with Gasteiger partial charge in [-0.05, 0) is 31.5 Å². The van der Waals surface area contributed by atoms with Crippen molar-refractivity contribution >= 4 is 17.5 Å². The van der Waals surface area contributed by atoms with Crippen molar-refractivity contribution in [2.75, 3.05) is 0 Å². The number of primary amides is 1. The molecule has 3 N–H and O–H groups in total. The Morgan fingerprint density at radius 2 is 1.96 bits per heavy atom. The predicted octanol–water partition coefficient (Wildman–Crippen LogP) is 4.19. The summed E-state index contributed by atoms with van der Waals surface area (Å²) in [5.41, 5.74) is 5.65. The minimum Gasteiger partial charge on any atom is -0.453 e. The number of hydrogen-bond acceptors (Lipinski definition) is 3. The summed E-state index contributed by atoms with van der Waals surface area (Å²) < 4.78 is 20.5. The van der Waals surface area contributed by atoms with Crippen molar-refractivity contribution in [2.24, 2.45) is 5.73 Å². The van der Waals surface area contributed by atoms with Gasteiger partial charge in [0.1, 0.15) is 5.75 Å². The van der Waals surface area contributed by atoms with Gasteiger partial charge in [-0.15, -0.1) is 0 Å². The molecule has 4 nitrogen and oxygen atoms in total. The summed E-state index contributed by atoms with van der Waals surface area (Å²) in [6.45, 7) is 3.53. The van der Waals surface area contributed by atoms with Gasteiger partial charge < -0.3 is 10.5 Å². The lowest BCUT2D eigenvalue weighted by molar-refractivity contribution is -0.119. The summed E-state index contributed by atoms with van der Waals surface area (Å²) in [6.07, 6.45) is 0.570. The molecule has 0 saturated carbocycles. The van der Waals surface area contributed by atoms with E-state index in [1.54, 1.807) is 43.3 Å². The Balaban J connectivity index is 2.34. The third-order valence-electron chi connectivity index (χ3n) is 3.70. The Bertz CT molecular complexity index is 710. The molecule has 0 fully saturated rings. The van der Waals surface area contributed by atoms with E-state index in [0.717, 1.165) is 0 Å². The zero-order chi connectivity index (χ0) is 17.7. The van der Waals surface area contributed by atoms with Crippen molar-refractivity contribution in [1.29, 1.82) is 0 Å². The molecule has 0 spiro atoms. The van der Waals surface area contributed by atoms with E-state index in [1.165, 1.54) is 0 Å². The summed E-state index contributed by atoms with van der Waals surface area (Å²) in [4.78, 5) is 11.2. The minimum absolute atomic E-state index is 0.0349. The highest BCUT2D eigenvalue weighted by atomic mass is 35.5. The summed E-state index contributed by atoms with van der Waals surface area (Å²) in [5, 5.41) is 3.20. The number of hydrogen-bond donors (Lipinski definition) is 2. The molecule has 2 rings (SSSR count). The number of para-hydroxylation sites is 1. The van der Waals surface area contributed by atoms with E-state index in [-0.39, 0.29) is 16.8 Å². The molecule has 128 valence electrons. The molecule has 0 bridgehead atoms. The number of rotatable bonds is 7. The quantitative estimate of drug-likeness (QED) is 0.787. The van der Waals surface area contributed by atoms with E-state index in [9.17, 15) is 9.18 Å².